The zero-order valence-corrected chi connectivity index (χ0v) is 18.2. The minimum absolute atomic E-state index is 0.0721. The van der Waals surface area contributed by atoms with Crippen molar-refractivity contribution in [3.63, 3.8) is 0 Å². The van der Waals surface area contributed by atoms with Gasteiger partial charge < -0.3 is 14.5 Å². The molecular weight excluding hydrogens is 398 g/mol. The number of imidazole rings is 1. The lowest BCUT2D eigenvalue weighted by Gasteiger charge is -2.10. The molecule has 3 heterocycles. The second kappa shape index (κ2) is 8.27. The maximum atomic E-state index is 12.4. The van der Waals surface area contributed by atoms with E-state index in [2.05, 4.69) is 31.5 Å². The Morgan fingerprint density at radius 3 is 2.77 bits per heavy atom. The highest BCUT2D eigenvalue weighted by atomic mass is 32.2. The van der Waals surface area contributed by atoms with Gasteiger partial charge in [-0.25, -0.2) is 9.97 Å². The van der Waals surface area contributed by atoms with Gasteiger partial charge in [-0.05, 0) is 38.5 Å². The van der Waals surface area contributed by atoms with E-state index >= 15 is 0 Å². The largest absolute Gasteiger partial charge is 0.332 e. The molecule has 0 fully saturated rings. The second-order valence-electron chi connectivity index (χ2n) is 7.13. The lowest BCUT2D eigenvalue weighted by atomic mass is 10.1. The van der Waals surface area contributed by atoms with E-state index in [4.69, 9.17) is 0 Å². The number of anilines is 1. The van der Waals surface area contributed by atoms with Crippen molar-refractivity contribution in [3.8, 4) is 11.4 Å². The summed E-state index contributed by atoms with van der Waals surface area (Å²) in [5.41, 5.74) is 5.54. The number of nitrogens with one attached hydrogen (secondary N) is 1. The third-order valence-corrected chi connectivity index (χ3v) is 5.83. The van der Waals surface area contributed by atoms with E-state index in [1.807, 2.05) is 55.2 Å². The topological polar surface area (TPSA) is 90.5 Å². The summed E-state index contributed by atoms with van der Waals surface area (Å²) in [5.74, 6) is 0.910. The summed E-state index contributed by atoms with van der Waals surface area (Å²) in [6, 6.07) is 7.98. The van der Waals surface area contributed by atoms with E-state index in [9.17, 15) is 4.79 Å². The minimum atomic E-state index is -0.0721. The van der Waals surface area contributed by atoms with E-state index in [1.54, 1.807) is 12.5 Å². The first-order valence-electron chi connectivity index (χ1n) is 9.66. The first kappa shape index (κ1) is 20.1. The molecule has 0 saturated heterocycles. The maximum Gasteiger partial charge on any atom is 0.234 e. The molecule has 0 atom stereocenters. The molecule has 1 amide bonds. The third-order valence-electron chi connectivity index (χ3n) is 4.86. The number of thioether (sulfide) groups is 1. The zero-order chi connectivity index (χ0) is 21.3. The van der Waals surface area contributed by atoms with Gasteiger partial charge in [-0.2, -0.15) is 0 Å². The molecule has 9 heteroatoms. The number of carbonyl (C=O) groups is 1. The summed E-state index contributed by atoms with van der Waals surface area (Å²) in [5, 5.41) is 12.3. The van der Waals surface area contributed by atoms with Crippen LogP contribution in [0.4, 0.5) is 5.69 Å². The molecule has 0 radical (unpaired) electrons. The molecule has 0 saturated carbocycles. The molecule has 0 aliphatic carbocycles. The molecule has 4 rings (SSSR count). The van der Waals surface area contributed by atoms with Gasteiger partial charge in [0.1, 0.15) is 0 Å². The first-order valence-corrected chi connectivity index (χ1v) is 10.7. The molecule has 0 aliphatic heterocycles. The smallest absolute Gasteiger partial charge is 0.234 e. The van der Waals surface area contributed by atoms with Crippen molar-refractivity contribution in [2.75, 3.05) is 11.1 Å². The number of pyridine rings is 1. The van der Waals surface area contributed by atoms with Gasteiger partial charge in [0.05, 0.1) is 17.6 Å². The second-order valence-corrected chi connectivity index (χ2v) is 8.07. The number of hydrogen-bond donors (Lipinski definition) is 1. The third kappa shape index (κ3) is 3.93. The standard InChI is InChI=1S/C21H23N7OS/c1-5-28-20(15-9-17-19(22-10-15)23-12-27(17)4)25-26-21(28)30-11-18(29)24-16-7-6-13(2)8-14(16)3/h6-10,12H,5,11H2,1-4H3,(H,24,29). The zero-order valence-electron chi connectivity index (χ0n) is 17.4. The molecule has 30 heavy (non-hydrogen) atoms. The summed E-state index contributed by atoms with van der Waals surface area (Å²) >= 11 is 1.37. The number of aromatic nitrogens is 6. The number of carbonyl (C=O) groups excluding carboxylic acids is 1. The van der Waals surface area contributed by atoms with Crippen LogP contribution in [0.15, 0.2) is 41.9 Å². The molecule has 0 bridgehead atoms. The van der Waals surface area contributed by atoms with E-state index in [0.29, 0.717) is 17.3 Å². The first-order chi connectivity index (χ1) is 14.5. The number of rotatable bonds is 6. The number of fused-ring (bicyclic) bond motifs is 1. The SMILES string of the molecule is CCn1c(SCC(=O)Nc2ccc(C)cc2C)nnc1-c1cnc2ncn(C)c2c1. The molecular formula is C21H23N7OS. The Balaban J connectivity index is 1.50. The van der Waals surface area contributed by atoms with Crippen LogP contribution in [-0.2, 0) is 18.4 Å². The van der Waals surface area contributed by atoms with Gasteiger partial charge in [0.2, 0.25) is 5.91 Å². The highest BCUT2D eigenvalue weighted by molar-refractivity contribution is 7.99. The summed E-state index contributed by atoms with van der Waals surface area (Å²) in [6.45, 7) is 6.74. The van der Waals surface area contributed by atoms with Crippen molar-refractivity contribution in [2.45, 2.75) is 32.5 Å². The number of aryl methyl sites for hydroxylation is 3. The van der Waals surface area contributed by atoms with Gasteiger partial charge in [-0.15, -0.1) is 10.2 Å². The molecule has 3 aromatic heterocycles. The van der Waals surface area contributed by atoms with Crippen molar-refractivity contribution < 1.29 is 4.79 Å². The predicted molar refractivity (Wildman–Crippen MR) is 118 cm³/mol. The molecule has 1 aromatic carbocycles. The van der Waals surface area contributed by atoms with Crippen LogP contribution in [0.3, 0.4) is 0 Å². The summed E-state index contributed by atoms with van der Waals surface area (Å²) in [4.78, 5) is 21.1. The van der Waals surface area contributed by atoms with Crippen LogP contribution in [0.5, 0.6) is 0 Å². The quantitative estimate of drug-likeness (QED) is 0.479. The highest BCUT2D eigenvalue weighted by Gasteiger charge is 2.16. The molecule has 8 nitrogen and oxygen atoms in total. The summed E-state index contributed by atoms with van der Waals surface area (Å²) in [6.07, 6.45) is 3.49. The number of nitrogens with zero attached hydrogens (tertiary/aromatic N) is 6. The lowest BCUT2D eigenvalue weighted by Crippen LogP contribution is -2.15. The number of amides is 1. The maximum absolute atomic E-state index is 12.4. The van der Waals surface area contributed by atoms with Gasteiger partial charge in [-0.1, -0.05) is 29.5 Å². The molecule has 4 aromatic rings. The lowest BCUT2D eigenvalue weighted by molar-refractivity contribution is -0.113. The monoisotopic (exact) mass is 421 g/mol. The molecule has 1 N–H and O–H groups in total. The van der Waals surface area contributed by atoms with Crippen LogP contribution in [-0.4, -0.2) is 41.0 Å². The van der Waals surface area contributed by atoms with Crippen molar-refractivity contribution in [2.24, 2.45) is 7.05 Å². The average molecular weight is 422 g/mol. The van der Waals surface area contributed by atoms with Crippen molar-refractivity contribution >= 4 is 34.5 Å². The van der Waals surface area contributed by atoms with Gasteiger partial charge in [0, 0.05) is 31.0 Å². The van der Waals surface area contributed by atoms with Gasteiger partial charge >= 0.3 is 0 Å². The Morgan fingerprint density at radius 2 is 2.00 bits per heavy atom. The van der Waals surface area contributed by atoms with Gasteiger partial charge in [0.15, 0.2) is 16.6 Å². The van der Waals surface area contributed by atoms with Crippen molar-refractivity contribution in [3.05, 3.63) is 47.9 Å². The highest BCUT2D eigenvalue weighted by Crippen LogP contribution is 2.26. The Hall–Kier alpha value is -3.20. The Labute approximate surface area is 178 Å². The molecule has 154 valence electrons. The minimum Gasteiger partial charge on any atom is -0.332 e. The summed E-state index contributed by atoms with van der Waals surface area (Å²) < 4.78 is 3.92. The van der Waals surface area contributed by atoms with Crippen LogP contribution in [0.1, 0.15) is 18.1 Å². The van der Waals surface area contributed by atoms with Crippen LogP contribution in [0, 0.1) is 13.8 Å². The normalized spacial score (nSPS) is 11.2. The van der Waals surface area contributed by atoms with Crippen molar-refractivity contribution in [1.82, 2.24) is 29.3 Å². The Kier molecular flexibility index (Phi) is 5.54. The van der Waals surface area contributed by atoms with Crippen molar-refractivity contribution in [1.29, 1.82) is 0 Å². The van der Waals surface area contributed by atoms with E-state index in [0.717, 1.165) is 28.2 Å². The number of hydrogen-bond acceptors (Lipinski definition) is 6. The van der Waals surface area contributed by atoms with E-state index < -0.39 is 0 Å². The predicted octanol–water partition coefficient (Wildman–Crippen LogP) is 3.59. The molecule has 0 unspecified atom stereocenters. The fraction of sp³-hybridized carbons (Fsp3) is 0.286. The van der Waals surface area contributed by atoms with Gasteiger partial charge in [0.25, 0.3) is 0 Å². The molecule has 0 spiro atoms. The van der Waals surface area contributed by atoms with Crippen LogP contribution in [0.25, 0.3) is 22.6 Å². The fourth-order valence-electron chi connectivity index (χ4n) is 3.30. The van der Waals surface area contributed by atoms with Crippen LogP contribution >= 0.6 is 11.8 Å². The van der Waals surface area contributed by atoms with E-state index in [-0.39, 0.29) is 11.7 Å². The van der Waals surface area contributed by atoms with E-state index in [1.165, 1.54) is 17.3 Å². The summed E-state index contributed by atoms with van der Waals surface area (Å²) in [7, 11) is 1.93. The Morgan fingerprint density at radius 1 is 1.17 bits per heavy atom. The Bertz CT molecular complexity index is 1230. The number of benzene rings is 1. The molecule has 0 aliphatic rings. The van der Waals surface area contributed by atoms with Gasteiger partial charge in [-0.3, -0.25) is 4.79 Å². The van der Waals surface area contributed by atoms with Crippen LogP contribution < -0.4 is 5.32 Å². The van der Waals surface area contributed by atoms with Crippen LogP contribution in [0.2, 0.25) is 0 Å². The average Bonchev–Trinajstić information content (AvgIpc) is 3.31. The fourth-order valence-corrected chi connectivity index (χ4v) is 4.10.